The molecule has 3 aromatic carbocycles. The number of esters is 1. The fourth-order valence-corrected chi connectivity index (χ4v) is 6.46. The molecule has 0 fully saturated rings. The second-order valence-corrected chi connectivity index (χ2v) is 15.6. The summed E-state index contributed by atoms with van der Waals surface area (Å²) in [6.45, 7) is 0.145. The lowest BCUT2D eigenvalue weighted by Crippen LogP contribution is -2.58. The molecule has 0 aliphatic carbocycles. The molecule has 360 valence electrons. The first-order chi connectivity index (χ1) is 31.6. The van der Waals surface area contributed by atoms with Crippen LogP contribution in [0.1, 0.15) is 88.9 Å². The summed E-state index contributed by atoms with van der Waals surface area (Å²) in [4.78, 5) is 126. The van der Waals surface area contributed by atoms with Crippen molar-refractivity contribution in [2.24, 2.45) is 0 Å². The van der Waals surface area contributed by atoms with Crippen LogP contribution in [0, 0.1) is 26.8 Å². The maximum Gasteiger partial charge on any atom is 0.343 e. The summed E-state index contributed by atoms with van der Waals surface area (Å²) in [6, 6.07) is 3.39. The van der Waals surface area contributed by atoms with Crippen molar-refractivity contribution in [3.05, 3.63) is 98.1 Å². The summed E-state index contributed by atoms with van der Waals surface area (Å²) in [5.74, 6) is -22.4. The number of carbonyl (C=O) groups is 10. The van der Waals surface area contributed by atoms with Gasteiger partial charge in [-0.3, -0.25) is 38.4 Å². The Morgan fingerprint density at radius 1 is 0.537 bits per heavy atom. The molecular formula is C42H42F4IN5O15. The Bertz CT molecular complexity index is 2360. The summed E-state index contributed by atoms with van der Waals surface area (Å²) in [7, 11) is 0. The van der Waals surface area contributed by atoms with Gasteiger partial charge in [-0.1, -0.05) is 12.1 Å². The van der Waals surface area contributed by atoms with Crippen LogP contribution < -0.4 is 31.3 Å². The van der Waals surface area contributed by atoms with E-state index in [4.69, 9.17) is 0 Å². The Kier molecular flexibility index (Phi) is 21.1. The fraction of sp³-hybridized carbons (Fsp3) is 0.333. The lowest BCUT2D eigenvalue weighted by Gasteiger charge is -2.26. The third-order valence-corrected chi connectivity index (χ3v) is 10.0. The number of carboxylic acid groups (broad SMARTS) is 4. The Morgan fingerprint density at radius 3 is 1.46 bits per heavy atom. The zero-order valence-electron chi connectivity index (χ0n) is 34.7. The van der Waals surface area contributed by atoms with Crippen LogP contribution in [-0.4, -0.2) is 111 Å². The van der Waals surface area contributed by atoms with E-state index >= 15 is 0 Å². The fourth-order valence-electron chi connectivity index (χ4n) is 5.91. The van der Waals surface area contributed by atoms with E-state index in [0.29, 0.717) is 5.56 Å². The van der Waals surface area contributed by atoms with Crippen molar-refractivity contribution < 1.29 is 90.7 Å². The van der Waals surface area contributed by atoms with Gasteiger partial charge < -0.3 is 51.7 Å². The van der Waals surface area contributed by atoms with Crippen LogP contribution in [-0.2, 0) is 33.6 Å². The minimum Gasteiger partial charge on any atom is -0.481 e. The molecule has 25 heteroatoms. The highest BCUT2D eigenvalue weighted by molar-refractivity contribution is 14.1. The third-order valence-electron chi connectivity index (χ3n) is 9.36. The lowest BCUT2D eigenvalue weighted by molar-refractivity contribution is -0.143. The van der Waals surface area contributed by atoms with Gasteiger partial charge in [-0.15, -0.1) is 0 Å². The average Bonchev–Trinajstić information content (AvgIpc) is 3.27. The van der Waals surface area contributed by atoms with Crippen LogP contribution >= 0.6 is 22.6 Å². The number of hydrogen-bond acceptors (Lipinski definition) is 11. The molecule has 3 rings (SSSR count). The number of hydrogen-bond donors (Lipinski definition) is 9. The van der Waals surface area contributed by atoms with Crippen molar-refractivity contribution in [3.63, 3.8) is 0 Å². The molecule has 0 radical (unpaired) electrons. The second-order valence-electron chi connectivity index (χ2n) is 14.4. The molecule has 67 heavy (non-hydrogen) atoms. The molecule has 0 unspecified atom stereocenters. The first kappa shape index (κ1) is 54.1. The molecule has 0 heterocycles. The molecule has 4 atom stereocenters. The maximum absolute atomic E-state index is 14.1. The highest BCUT2D eigenvalue weighted by Crippen LogP contribution is 2.27. The summed E-state index contributed by atoms with van der Waals surface area (Å²) < 4.78 is 60.9. The molecule has 9 N–H and O–H groups in total. The quantitative estimate of drug-likeness (QED) is 0.0139. The van der Waals surface area contributed by atoms with E-state index in [9.17, 15) is 85.9 Å². The molecule has 0 aromatic heterocycles. The molecule has 5 amide bonds. The molecule has 0 aliphatic heterocycles. The standard InChI is InChI=1S/C42H42F4IN5O15/c43-24-19-25(44)34(46)35(33(24)45)67-42(66)22-7-3-5-20(17-22)37(60)49-26(10-13-30(53)54)38(61)50-27(11-14-31(55)56)39(62)51-28(12-15-32(57)58)40(63)52-29(41(64)65)9-1-2-16-48-36(59)21-6-4-8-23(47)18-21/h3-8,17-19,26-29H,1-2,9-16H2,(H,48,59)(H,49,60)(H,50,61)(H,51,62)(H,52,63)(H,53,54)(H,55,56)(H,57,58)(H,64,65)/t26-,27-,28-,29-/m1/s1. The highest BCUT2D eigenvalue weighted by Gasteiger charge is 2.33. The predicted octanol–water partition coefficient (Wildman–Crippen LogP) is 2.90. The van der Waals surface area contributed by atoms with Gasteiger partial charge in [-0.05, 0) is 97.5 Å². The molecule has 3 aromatic rings. The Labute approximate surface area is 390 Å². The molecule has 20 nitrogen and oxygen atoms in total. The first-order valence-electron chi connectivity index (χ1n) is 19.9. The van der Waals surface area contributed by atoms with Crippen molar-refractivity contribution in [1.29, 1.82) is 0 Å². The van der Waals surface area contributed by atoms with Crippen LogP contribution in [0.25, 0.3) is 0 Å². The van der Waals surface area contributed by atoms with Crippen LogP contribution in [0.5, 0.6) is 5.75 Å². The normalized spacial score (nSPS) is 12.6. The number of aliphatic carboxylic acids is 4. The zero-order valence-corrected chi connectivity index (χ0v) is 36.9. The molecular weight excluding hydrogens is 1020 g/mol. The van der Waals surface area contributed by atoms with Gasteiger partial charge in [0.1, 0.15) is 24.2 Å². The summed E-state index contributed by atoms with van der Waals surface area (Å²) in [5.41, 5.74) is -0.672. The smallest absolute Gasteiger partial charge is 0.343 e. The van der Waals surface area contributed by atoms with Crippen molar-refractivity contribution in [2.45, 2.75) is 82.0 Å². The van der Waals surface area contributed by atoms with Gasteiger partial charge in [0.15, 0.2) is 11.6 Å². The average molecular weight is 1060 g/mol. The van der Waals surface area contributed by atoms with Crippen molar-refractivity contribution >= 4 is 82.0 Å². The minimum absolute atomic E-state index is 0.133. The molecule has 0 spiro atoms. The third kappa shape index (κ3) is 17.6. The number of unbranched alkanes of at least 4 members (excludes halogenated alkanes) is 1. The molecule has 0 saturated heterocycles. The lowest BCUT2D eigenvalue weighted by atomic mass is 10.0. The topological polar surface area (TPSA) is 321 Å². The summed E-state index contributed by atoms with van der Waals surface area (Å²) >= 11 is 2.04. The maximum atomic E-state index is 14.1. The van der Waals surface area contributed by atoms with Gasteiger partial charge in [0.05, 0.1) is 5.56 Å². The highest BCUT2D eigenvalue weighted by atomic mass is 127. The second kappa shape index (κ2) is 26.1. The summed E-state index contributed by atoms with van der Waals surface area (Å²) in [6.07, 6.45) is -4.08. The monoisotopic (exact) mass is 1060 g/mol. The molecule has 0 aliphatic rings. The van der Waals surface area contributed by atoms with Gasteiger partial charge in [-0.2, -0.15) is 8.78 Å². The number of ether oxygens (including phenoxy) is 1. The molecule has 0 bridgehead atoms. The van der Waals surface area contributed by atoms with E-state index in [1.54, 1.807) is 24.3 Å². The predicted molar refractivity (Wildman–Crippen MR) is 228 cm³/mol. The minimum atomic E-state index is -2.05. The number of benzene rings is 3. The van der Waals surface area contributed by atoms with Gasteiger partial charge >= 0.3 is 29.8 Å². The van der Waals surface area contributed by atoms with Gasteiger partial charge in [-0.25, -0.2) is 18.4 Å². The van der Waals surface area contributed by atoms with Crippen molar-refractivity contribution in [1.82, 2.24) is 26.6 Å². The number of halogens is 5. The number of rotatable bonds is 26. The van der Waals surface area contributed by atoms with E-state index in [2.05, 4.69) is 31.3 Å². The van der Waals surface area contributed by atoms with E-state index in [0.717, 1.165) is 27.8 Å². The SMILES string of the molecule is O=C(O)CC[C@@H](NC(=O)c1cccc(C(=O)Oc2c(F)c(F)cc(F)c2F)c1)C(=O)N[C@H](CCC(=O)O)C(=O)N[C@H](CCC(=O)O)C(=O)N[C@H](CCCCNC(=O)c1cccc(I)c1)C(=O)O. The van der Waals surface area contributed by atoms with Crippen molar-refractivity contribution in [3.8, 4) is 5.75 Å². The number of amides is 5. The Morgan fingerprint density at radius 2 is 0.985 bits per heavy atom. The first-order valence-corrected chi connectivity index (χ1v) is 20.9. The Balaban J connectivity index is 1.76. The number of nitrogens with one attached hydrogen (secondary N) is 5. The summed E-state index contributed by atoms with van der Waals surface area (Å²) in [5, 5.41) is 49.2. The van der Waals surface area contributed by atoms with Gasteiger partial charge in [0.25, 0.3) is 11.8 Å². The van der Waals surface area contributed by atoms with Crippen LogP contribution in [0.2, 0.25) is 0 Å². The van der Waals surface area contributed by atoms with Gasteiger partial charge in [0.2, 0.25) is 35.1 Å². The van der Waals surface area contributed by atoms with Crippen LogP contribution in [0.4, 0.5) is 17.6 Å². The van der Waals surface area contributed by atoms with E-state index in [1.165, 1.54) is 0 Å². The van der Waals surface area contributed by atoms with E-state index in [1.807, 2.05) is 22.6 Å². The Hall–Kier alpha value is -7.19. The van der Waals surface area contributed by atoms with Crippen LogP contribution in [0.3, 0.4) is 0 Å². The van der Waals surface area contributed by atoms with Crippen LogP contribution in [0.15, 0.2) is 54.6 Å². The van der Waals surface area contributed by atoms with E-state index in [-0.39, 0.29) is 37.8 Å². The largest absolute Gasteiger partial charge is 0.481 e. The van der Waals surface area contributed by atoms with Gasteiger partial charge in [0, 0.05) is 46.6 Å². The molecule has 0 saturated carbocycles. The number of carbonyl (C=O) groups excluding carboxylic acids is 6. The zero-order chi connectivity index (χ0) is 50.0. The van der Waals surface area contributed by atoms with Crippen molar-refractivity contribution in [2.75, 3.05) is 6.54 Å². The number of carboxylic acids is 4. The van der Waals surface area contributed by atoms with E-state index < -0.39 is 156 Å².